The van der Waals surface area contributed by atoms with Crippen LogP contribution in [0.3, 0.4) is 0 Å². The van der Waals surface area contributed by atoms with E-state index in [2.05, 4.69) is 17.1 Å². The highest BCUT2D eigenvalue weighted by molar-refractivity contribution is 7.60. The van der Waals surface area contributed by atoms with Crippen LogP contribution in [0.5, 0.6) is 0 Å². The maximum Gasteiger partial charge on any atom is 0.356 e. The van der Waals surface area contributed by atoms with Crippen molar-refractivity contribution in [3.8, 4) is 0 Å². The molecule has 0 aliphatic heterocycles. The van der Waals surface area contributed by atoms with Gasteiger partial charge in [0.25, 0.3) is 0 Å². The monoisotopic (exact) mass is 317 g/mol. The fourth-order valence-electron chi connectivity index (χ4n) is 1.61. The van der Waals surface area contributed by atoms with E-state index < -0.39 is 7.60 Å². The van der Waals surface area contributed by atoms with Crippen molar-refractivity contribution in [2.45, 2.75) is 52.1 Å². The quantitative estimate of drug-likeness (QED) is 0.331. The fraction of sp³-hybridized carbons (Fsp3) is 0.571. The van der Waals surface area contributed by atoms with Crippen molar-refractivity contribution in [2.75, 3.05) is 0 Å². The molecule has 0 aliphatic rings. The summed E-state index contributed by atoms with van der Waals surface area (Å²) in [5.41, 5.74) is 0. The number of hydrogen-bond acceptors (Lipinski definition) is 4. The highest BCUT2D eigenvalue weighted by Crippen LogP contribution is 2.32. The summed E-state index contributed by atoms with van der Waals surface area (Å²) in [5.74, 6) is 0. The van der Waals surface area contributed by atoms with Gasteiger partial charge in [-0.25, -0.2) is 0 Å². The summed E-state index contributed by atoms with van der Waals surface area (Å²) in [7, 11) is -4.02. The Balaban J connectivity index is 0.000000382. The van der Waals surface area contributed by atoms with Crippen molar-refractivity contribution in [2.24, 2.45) is 5.34 Å². The largest absolute Gasteiger partial charge is 0.361 e. The lowest BCUT2D eigenvalue weighted by molar-refractivity contribution is 0.0607. The molecule has 1 aromatic carbocycles. The Morgan fingerprint density at radius 2 is 1.81 bits per heavy atom. The van der Waals surface area contributed by atoms with E-state index in [0.29, 0.717) is 0 Å². The molecular weight excluding hydrogens is 293 g/mol. The molecule has 21 heavy (non-hydrogen) atoms. The van der Waals surface area contributed by atoms with Crippen LogP contribution in [-0.2, 0) is 9.40 Å². The number of rotatable bonds is 8. The molecule has 0 heterocycles. The summed E-state index contributed by atoms with van der Waals surface area (Å²) in [6, 6.07) is 7.70. The fourth-order valence-corrected chi connectivity index (χ4v) is 2.17. The van der Waals surface area contributed by atoms with Gasteiger partial charge in [-0.1, -0.05) is 44.4 Å². The lowest BCUT2D eigenvalue weighted by atomic mass is 10.1. The molecule has 0 amide bonds. The molecule has 1 atom stereocenters. The number of benzene rings is 1. The third-order valence-electron chi connectivity index (χ3n) is 2.78. The lowest BCUT2D eigenvalue weighted by Gasteiger charge is -2.05. The molecule has 2 N–H and O–H groups in total. The SMILES string of the molecule is CCCCCCC(C)ON=O.O=P(O)(O)c1ccccc1. The van der Waals surface area contributed by atoms with Crippen LogP contribution in [0.25, 0.3) is 0 Å². The maximum atomic E-state index is 10.5. The molecule has 0 bridgehead atoms. The predicted molar refractivity (Wildman–Crippen MR) is 83.2 cm³/mol. The average molecular weight is 317 g/mol. The summed E-state index contributed by atoms with van der Waals surface area (Å²) in [6.07, 6.45) is 5.78. The summed E-state index contributed by atoms with van der Waals surface area (Å²) in [4.78, 5) is 31.3. The molecule has 0 saturated heterocycles. The Morgan fingerprint density at radius 3 is 2.24 bits per heavy atom. The number of hydrogen-bond donors (Lipinski definition) is 2. The first kappa shape index (κ1) is 19.8. The van der Waals surface area contributed by atoms with Crippen molar-refractivity contribution in [3.05, 3.63) is 35.2 Å². The third-order valence-corrected chi connectivity index (χ3v) is 3.75. The Bertz CT molecular complexity index is 421. The maximum absolute atomic E-state index is 10.5. The van der Waals surface area contributed by atoms with Gasteiger partial charge in [0.15, 0.2) is 5.34 Å². The minimum absolute atomic E-state index is 0.00986. The van der Waals surface area contributed by atoms with Gasteiger partial charge < -0.3 is 14.6 Å². The second-order valence-electron chi connectivity index (χ2n) is 4.72. The van der Waals surface area contributed by atoms with E-state index in [1.54, 1.807) is 18.2 Å². The molecular formula is C14H24NO5P. The van der Waals surface area contributed by atoms with Gasteiger partial charge in [0.2, 0.25) is 0 Å². The van der Waals surface area contributed by atoms with Crippen LogP contribution in [0, 0.1) is 4.91 Å². The molecule has 1 aromatic rings. The molecule has 1 unspecified atom stereocenters. The van der Waals surface area contributed by atoms with Crippen LogP contribution in [0.15, 0.2) is 35.7 Å². The molecule has 7 heteroatoms. The summed E-state index contributed by atoms with van der Waals surface area (Å²) in [5, 5.41) is 2.45. The molecule has 6 nitrogen and oxygen atoms in total. The van der Waals surface area contributed by atoms with Crippen LogP contribution in [0.2, 0.25) is 0 Å². The zero-order chi connectivity index (χ0) is 16.1. The van der Waals surface area contributed by atoms with E-state index >= 15 is 0 Å². The van der Waals surface area contributed by atoms with Gasteiger partial charge in [-0.3, -0.25) is 4.57 Å². The first-order chi connectivity index (χ1) is 9.91. The van der Waals surface area contributed by atoms with Crippen LogP contribution in [0.4, 0.5) is 0 Å². The Labute approximate surface area is 125 Å². The number of nitrogens with zero attached hydrogens (tertiary/aromatic N) is 1. The molecule has 0 aliphatic carbocycles. The average Bonchev–Trinajstić information content (AvgIpc) is 2.45. The zero-order valence-corrected chi connectivity index (χ0v) is 13.4. The van der Waals surface area contributed by atoms with Crippen molar-refractivity contribution < 1.29 is 19.2 Å². The summed E-state index contributed by atoms with van der Waals surface area (Å²) >= 11 is 0. The summed E-state index contributed by atoms with van der Waals surface area (Å²) in [6.45, 7) is 4.04. The second kappa shape index (κ2) is 11.4. The first-order valence-corrected chi connectivity index (χ1v) is 8.62. The van der Waals surface area contributed by atoms with Crippen LogP contribution in [0.1, 0.15) is 46.0 Å². The zero-order valence-electron chi connectivity index (χ0n) is 12.5. The van der Waals surface area contributed by atoms with Gasteiger partial charge in [0, 0.05) is 0 Å². The third kappa shape index (κ3) is 11.1. The lowest BCUT2D eigenvalue weighted by Crippen LogP contribution is -2.02. The smallest absolute Gasteiger partial charge is 0.356 e. The molecule has 0 radical (unpaired) electrons. The Morgan fingerprint density at radius 1 is 1.19 bits per heavy atom. The molecule has 0 spiro atoms. The first-order valence-electron chi connectivity index (χ1n) is 7.01. The van der Waals surface area contributed by atoms with Crippen LogP contribution >= 0.6 is 7.60 Å². The van der Waals surface area contributed by atoms with E-state index in [9.17, 15) is 9.47 Å². The van der Waals surface area contributed by atoms with E-state index in [4.69, 9.17) is 9.79 Å². The van der Waals surface area contributed by atoms with E-state index in [-0.39, 0.29) is 11.4 Å². The van der Waals surface area contributed by atoms with E-state index in [1.807, 2.05) is 6.92 Å². The van der Waals surface area contributed by atoms with Gasteiger partial charge in [-0.2, -0.15) is 0 Å². The Hall–Kier alpha value is -1.23. The van der Waals surface area contributed by atoms with Gasteiger partial charge >= 0.3 is 7.60 Å². The van der Waals surface area contributed by atoms with Crippen molar-refractivity contribution in [1.82, 2.24) is 0 Å². The highest BCUT2D eigenvalue weighted by atomic mass is 31.2. The van der Waals surface area contributed by atoms with Gasteiger partial charge in [0.1, 0.15) is 6.10 Å². The predicted octanol–water partition coefficient (Wildman–Crippen LogP) is 3.53. The molecule has 0 aromatic heterocycles. The second-order valence-corrected chi connectivity index (χ2v) is 6.32. The molecule has 120 valence electrons. The van der Waals surface area contributed by atoms with E-state index in [1.165, 1.54) is 31.4 Å². The van der Waals surface area contributed by atoms with Crippen molar-refractivity contribution in [3.63, 3.8) is 0 Å². The molecule has 1 rings (SSSR count). The van der Waals surface area contributed by atoms with Crippen molar-refractivity contribution in [1.29, 1.82) is 0 Å². The number of unbranched alkanes of at least 4 members (excludes halogenated alkanes) is 3. The molecule has 0 fully saturated rings. The minimum Gasteiger partial charge on any atom is -0.361 e. The van der Waals surface area contributed by atoms with Gasteiger partial charge in [-0.15, -0.1) is 4.91 Å². The standard InChI is InChI=1S/C8H17NO2.C6H7O3P/c1-3-4-5-6-7-8(2)11-9-10;7-10(8,9)6-4-2-1-3-5-6/h8H,3-7H2,1-2H3;1-5H,(H2,7,8,9). The minimum atomic E-state index is -4.02. The van der Waals surface area contributed by atoms with Gasteiger partial charge in [0.05, 0.1) is 5.30 Å². The molecule has 0 saturated carbocycles. The normalized spacial score (nSPS) is 12.0. The topological polar surface area (TPSA) is 96.2 Å². The van der Waals surface area contributed by atoms with E-state index in [0.717, 1.165) is 12.8 Å². The van der Waals surface area contributed by atoms with Gasteiger partial charge in [-0.05, 0) is 31.9 Å². The van der Waals surface area contributed by atoms with Crippen molar-refractivity contribution >= 4 is 12.9 Å². The Kier molecular flexibility index (Phi) is 10.8. The summed E-state index contributed by atoms with van der Waals surface area (Å²) < 4.78 is 10.5. The van der Waals surface area contributed by atoms with Crippen LogP contribution in [-0.4, -0.2) is 15.9 Å². The highest BCUT2D eigenvalue weighted by Gasteiger charge is 2.14. The van der Waals surface area contributed by atoms with Crippen LogP contribution < -0.4 is 5.30 Å².